The van der Waals surface area contributed by atoms with Crippen LogP contribution in [0.3, 0.4) is 0 Å². The van der Waals surface area contributed by atoms with Crippen LogP contribution in [0.4, 0.5) is 0 Å². The molecular formula is C12H24N2O2. The van der Waals surface area contributed by atoms with Crippen molar-refractivity contribution in [2.24, 2.45) is 5.73 Å². The SMILES string of the molecule is CC(C)N1CCOC(COC2CC(N)C2)C1. The van der Waals surface area contributed by atoms with Gasteiger partial charge in [-0.15, -0.1) is 0 Å². The van der Waals surface area contributed by atoms with E-state index in [2.05, 4.69) is 18.7 Å². The first-order valence-electron chi connectivity index (χ1n) is 6.38. The average Bonchev–Trinajstić information content (AvgIpc) is 2.23. The standard InChI is InChI=1S/C12H24N2O2/c1-9(2)14-3-4-15-12(7-14)8-16-11-5-10(13)6-11/h9-12H,3-8,13H2,1-2H3. The molecule has 0 amide bonds. The van der Waals surface area contributed by atoms with E-state index in [9.17, 15) is 0 Å². The van der Waals surface area contributed by atoms with Gasteiger partial charge in [-0.2, -0.15) is 0 Å². The molecule has 4 heteroatoms. The van der Waals surface area contributed by atoms with Gasteiger partial charge in [-0.3, -0.25) is 4.90 Å². The van der Waals surface area contributed by atoms with E-state index in [1.807, 2.05) is 0 Å². The molecule has 0 spiro atoms. The van der Waals surface area contributed by atoms with Crippen LogP contribution in [0, 0.1) is 0 Å². The third-order valence-corrected chi connectivity index (χ3v) is 3.55. The van der Waals surface area contributed by atoms with Crippen molar-refractivity contribution in [3.63, 3.8) is 0 Å². The molecule has 2 rings (SSSR count). The topological polar surface area (TPSA) is 47.7 Å². The van der Waals surface area contributed by atoms with Crippen molar-refractivity contribution in [1.82, 2.24) is 4.90 Å². The Bertz CT molecular complexity index is 217. The summed E-state index contributed by atoms with van der Waals surface area (Å²) in [4.78, 5) is 2.45. The van der Waals surface area contributed by atoms with Crippen molar-refractivity contribution in [3.05, 3.63) is 0 Å². The first kappa shape index (κ1) is 12.3. The molecule has 2 fully saturated rings. The number of hydrogen-bond donors (Lipinski definition) is 1. The Kier molecular flexibility index (Phi) is 4.19. The number of morpholine rings is 1. The van der Waals surface area contributed by atoms with Crippen LogP contribution in [0.2, 0.25) is 0 Å². The summed E-state index contributed by atoms with van der Waals surface area (Å²) in [6.45, 7) is 8.05. The third-order valence-electron chi connectivity index (χ3n) is 3.55. The Labute approximate surface area is 98.1 Å². The highest BCUT2D eigenvalue weighted by Crippen LogP contribution is 2.22. The van der Waals surface area contributed by atoms with Crippen molar-refractivity contribution < 1.29 is 9.47 Å². The summed E-state index contributed by atoms with van der Waals surface area (Å²) in [5, 5.41) is 0. The first-order chi connectivity index (χ1) is 7.65. The van der Waals surface area contributed by atoms with Crippen LogP contribution >= 0.6 is 0 Å². The zero-order valence-corrected chi connectivity index (χ0v) is 10.4. The van der Waals surface area contributed by atoms with E-state index >= 15 is 0 Å². The zero-order chi connectivity index (χ0) is 11.5. The van der Waals surface area contributed by atoms with Crippen molar-refractivity contribution in [3.8, 4) is 0 Å². The molecule has 1 unspecified atom stereocenters. The Morgan fingerprint density at radius 2 is 2.19 bits per heavy atom. The molecule has 0 aromatic heterocycles. The molecule has 0 aromatic rings. The molecule has 4 nitrogen and oxygen atoms in total. The van der Waals surface area contributed by atoms with Crippen LogP contribution in [-0.4, -0.2) is 55.5 Å². The molecular weight excluding hydrogens is 204 g/mol. The number of rotatable bonds is 4. The Morgan fingerprint density at radius 3 is 2.81 bits per heavy atom. The fourth-order valence-electron chi connectivity index (χ4n) is 2.30. The van der Waals surface area contributed by atoms with E-state index in [1.54, 1.807) is 0 Å². The smallest absolute Gasteiger partial charge is 0.0935 e. The lowest BCUT2D eigenvalue weighted by atomic mass is 9.90. The van der Waals surface area contributed by atoms with Gasteiger partial charge in [0.05, 0.1) is 25.4 Å². The van der Waals surface area contributed by atoms with Gasteiger partial charge in [0.1, 0.15) is 0 Å². The number of nitrogens with two attached hydrogens (primary N) is 1. The van der Waals surface area contributed by atoms with Gasteiger partial charge < -0.3 is 15.2 Å². The maximum absolute atomic E-state index is 5.78. The fourth-order valence-corrected chi connectivity index (χ4v) is 2.30. The normalized spacial score (nSPS) is 36.4. The van der Waals surface area contributed by atoms with E-state index in [-0.39, 0.29) is 6.10 Å². The van der Waals surface area contributed by atoms with E-state index < -0.39 is 0 Å². The fraction of sp³-hybridized carbons (Fsp3) is 1.00. The molecule has 94 valence electrons. The quantitative estimate of drug-likeness (QED) is 0.765. The largest absolute Gasteiger partial charge is 0.375 e. The zero-order valence-electron chi connectivity index (χ0n) is 10.4. The van der Waals surface area contributed by atoms with Crippen LogP contribution in [0.5, 0.6) is 0 Å². The summed E-state index contributed by atoms with van der Waals surface area (Å²) in [6.07, 6.45) is 2.65. The summed E-state index contributed by atoms with van der Waals surface area (Å²) >= 11 is 0. The van der Waals surface area contributed by atoms with Crippen LogP contribution in [-0.2, 0) is 9.47 Å². The van der Waals surface area contributed by atoms with Gasteiger partial charge in [0.15, 0.2) is 0 Å². The van der Waals surface area contributed by atoms with Gasteiger partial charge in [0.2, 0.25) is 0 Å². The molecule has 1 saturated carbocycles. The van der Waals surface area contributed by atoms with Crippen LogP contribution in [0.15, 0.2) is 0 Å². The van der Waals surface area contributed by atoms with Crippen molar-refractivity contribution in [2.75, 3.05) is 26.3 Å². The van der Waals surface area contributed by atoms with E-state index in [0.717, 1.165) is 39.1 Å². The molecule has 1 heterocycles. The van der Waals surface area contributed by atoms with Gasteiger partial charge in [-0.25, -0.2) is 0 Å². The van der Waals surface area contributed by atoms with Gasteiger partial charge in [0.25, 0.3) is 0 Å². The highest BCUT2D eigenvalue weighted by atomic mass is 16.5. The predicted molar refractivity (Wildman–Crippen MR) is 63.4 cm³/mol. The highest BCUT2D eigenvalue weighted by Gasteiger charge is 2.29. The molecule has 2 aliphatic rings. The predicted octanol–water partition coefficient (Wildman–Crippen LogP) is 0.602. The Morgan fingerprint density at radius 1 is 1.44 bits per heavy atom. The highest BCUT2D eigenvalue weighted by molar-refractivity contribution is 4.83. The minimum absolute atomic E-state index is 0.243. The molecule has 0 radical (unpaired) electrons. The minimum atomic E-state index is 0.243. The molecule has 0 aromatic carbocycles. The summed E-state index contributed by atoms with van der Waals surface area (Å²) in [5.74, 6) is 0. The van der Waals surface area contributed by atoms with E-state index in [4.69, 9.17) is 15.2 Å². The van der Waals surface area contributed by atoms with E-state index in [0.29, 0.717) is 18.2 Å². The molecule has 1 atom stereocenters. The lowest BCUT2D eigenvalue weighted by Gasteiger charge is -2.37. The number of hydrogen-bond acceptors (Lipinski definition) is 4. The van der Waals surface area contributed by atoms with Crippen LogP contribution in [0.25, 0.3) is 0 Å². The van der Waals surface area contributed by atoms with E-state index in [1.165, 1.54) is 0 Å². The van der Waals surface area contributed by atoms with Crippen molar-refractivity contribution in [1.29, 1.82) is 0 Å². The number of ether oxygens (including phenoxy) is 2. The second-order valence-corrected chi connectivity index (χ2v) is 5.27. The Hall–Kier alpha value is -0.160. The average molecular weight is 228 g/mol. The minimum Gasteiger partial charge on any atom is -0.375 e. The van der Waals surface area contributed by atoms with Gasteiger partial charge in [-0.05, 0) is 26.7 Å². The third kappa shape index (κ3) is 3.17. The molecule has 1 aliphatic carbocycles. The summed E-state index contributed by atoms with van der Waals surface area (Å²) in [6, 6.07) is 0.966. The van der Waals surface area contributed by atoms with Crippen LogP contribution in [0.1, 0.15) is 26.7 Å². The lowest BCUT2D eigenvalue weighted by Crippen LogP contribution is -2.49. The monoisotopic (exact) mass is 228 g/mol. The number of nitrogens with zero attached hydrogens (tertiary/aromatic N) is 1. The molecule has 16 heavy (non-hydrogen) atoms. The van der Waals surface area contributed by atoms with Gasteiger partial charge in [-0.1, -0.05) is 0 Å². The molecule has 1 saturated heterocycles. The second-order valence-electron chi connectivity index (χ2n) is 5.27. The maximum Gasteiger partial charge on any atom is 0.0935 e. The van der Waals surface area contributed by atoms with Crippen molar-refractivity contribution in [2.45, 2.75) is 51.0 Å². The maximum atomic E-state index is 5.78. The van der Waals surface area contributed by atoms with Gasteiger partial charge >= 0.3 is 0 Å². The summed E-state index contributed by atoms with van der Waals surface area (Å²) in [5.41, 5.74) is 5.72. The Balaban J connectivity index is 1.65. The summed E-state index contributed by atoms with van der Waals surface area (Å²) in [7, 11) is 0. The second kappa shape index (κ2) is 5.45. The lowest BCUT2D eigenvalue weighted by molar-refractivity contribution is -0.105. The molecule has 2 N–H and O–H groups in total. The first-order valence-corrected chi connectivity index (χ1v) is 6.38. The molecule has 0 bridgehead atoms. The van der Waals surface area contributed by atoms with Crippen LogP contribution < -0.4 is 5.73 Å². The molecule has 1 aliphatic heterocycles. The summed E-state index contributed by atoms with van der Waals surface area (Å²) < 4.78 is 11.5. The van der Waals surface area contributed by atoms with Crippen molar-refractivity contribution >= 4 is 0 Å². The van der Waals surface area contributed by atoms with Gasteiger partial charge in [0, 0.05) is 25.2 Å².